The highest BCUT2D eigenvalue weighted by atomic mass is 31.2. The van der Waals surface area contributed by atoms with Gasteiger partial charge in [-0.2, -0.15) is 0 Å². The lowest BCUT2D eigenvalue weighted by Gasteiger charge is -2.24. The molecule has 2 atom stereocenters. The topological polar surface area (TPSA) is 74.2 Å². The lowest BCUT2D eigenvalue weighted by atomic mass is 10.0. The standard InChI is InChI=1S/C26H56NO6P/c1-6-8-9-10-11-12-13-14-15-16-17-18-19-20-22-31-26(24-30-7-2)25-33-34(28,29)32-23-21-27(3,4)5/h26H,6-25H2,1-5H3/p+1. The van der Waals surface area contributed by atoms with Gasteiger partial charge in [-0.15, -0.1) is 0 Å². The average Bonchev–Trinajstić information content (AvgIpc) is 2.76. The summed E-state index contributed by atoms with van der Waals surface area (Å²) < 4.78 is 34.3. The van der Waals surface area contributed by atoms with Crippen LogP contribution in [0.1, 0.15) is 104 Å². The Morgan fingerprint density at radius 2 is 1.21 bits per heavy atom. The Bertz CT molecular complexity index is 486. The van der Waals surface area contributed by atoms with Crippen molar-refractivity contribution in [3.8, 4) is 0 Å². The van der Waals surface area contributed by atoms with E-state index in [-0.39, 0.29) is 19.3 Å². The van der Waals surface area contributed by atoms with Crippen molar-refractivity contribution in [3.63, 3.8) is 0 Å². The molecule has 0 saturated carbocycles. The van der Waals surface area contributed by atoms with Crippen LogP contribution in [0, 0.1) is 0 Å². The van der Waals surface area contributed by atoms with E-state index >= 15 is 0 Å². The average molecular weight is 511 g/mol. The molecule has 7 nitrogen and oxygen atoms in total. The number of hydrogen-bond acceptors (Lipinski definition) is 5. The summed E-state index contributed by atoms with van der Waals surface area (Å²) in [5.74, 6) is 0. The smallest absolute Gasteiger partial charge is 0.379 e. The first-order valence-corrected chi connectivity index (χ1v) is 15.3. The molecule has 0 amide bonds. The number of nitrogens with zero attached hydrogens (tertiary/aromatic N) is 1. The lowest BCUT2D eigenvalue weighted by molar-refractivity contribution is -0.870. The number of hydrogen-bond donors (Lipinski definition) is 1. The molecular formula is C26H57NO6P+. The van der Waals surface area contributed by atoms with E-state index in [9.17, 15) is 9.46 Å². The summed E-state index contributed by atoms with van der Waals surface area (Å²) in [6.07, 6.45) is 18.1. The molecule has 1 N–H and O–H groups in total. The van der Waals surface area contributed by atoms with Crippen molar-refractivity contribution in [2.45, 2.75) is 110 Å². The molecule has 0 saturated heterocycles. The van der Waals surface area contributed by atoms with E-state index in [0.29, 0.717) is 30.8 Å². The minimum absolute atomic E-state index is 0.0171. The lowest BCUT2D eigenvalue weighted by Crippen LogP contribution is -2.37. The van der Waals surface area contributed by atoms with Gasteiger partial charge in [0.2, 0.25) is 0 Å². The van der Waals surface area contributed by atoms with E-state index in [1.165, 1.54) is 77.0 Å². The van der Waals surface area contributed by atoms with E-state index < -0.39 is 7.82 Å². The molecule has 206 valence electrons. The Hall–Kier alpha value is -0.0100. The minimum Gasteiger partial charge on any atom is -0.379 e. The van der Waals surface area contributed by atoms with Gasteiger partial charge in [0.15, 0.2) is 0 Å². The van der Waals surface area contributed by atoms with E-state index in [1.54, 1.807) is 0 Å². The molecule has 0 aromatic heterocycles. The SMILES string of the molecule is CCCCCCCCCCCCCCCCOC(COCC)COP(=O)(O)OCC[N+](C)(C)C. The molecule has 0 radical (unpaired) electrons. The third-order valence-electron chi connectivity index (χ3n) is 5.80. The van der Waals surface area contributed by atoms with Gasteiger partial charge >= 0.3 is 7.82 Å². The third-order valence-corrected chi connectivity index (χ3v) is 6.78. The van der Waals surface area contributed by atoms with Crippen molar-refractivity contribution in [1.29, 1.82) is 0 Å². The maximum atomic E-state index is 12.1. The van der Waals surface area contributed by atoms with Crippen molar-refractivity contribution < 1.29 is 32.5 Å². The molecule has 0 spiro atoms. The summed E-state index contributed by atoms with van der Waals surface area (Å²) in [6, 6.07) is 0. The van der Waals surface area contributed by atoms with Crippen molar-refractivity contribution in [3.05, 3.63) is 0 Å². The number of rotatable bonds is 26. The molecular weight excluding hydrogens is 453 g/mol. The minimum atomic E-state index is -4.08. The van der Waals surface area contributed by atoms with Gasteiger partial charge in [-0.05, 0) is 13.3 Å². The molecule has 34 heavy (non-hydrogen) atoms. The van der Waals surface area contributed by atoms with Crippen molar-refractivity contribution >= 4 is 7.82 Å². The molecule has 2 unspecified atom stereocenters. The molecule has 0 fully saturated rings. The summed E-state index contributed by atoms with van der Waals surface area (Å²) in [7, 11) is 1.90. The number of unbranched alkanes of at least 4 members (excludes halogenated alkanes) is 13. The zero-order valence-corrected chi connectivity index (χ0v) is 24.0. The summed E-state index contributed by atoms with van der Waals surface area (Å²) >= 11 is 0. The van der Waals surface area contributed by atoms with Crippen LogP contribution in [0.2, 0.25) is 0 Å². The van der Waals surface area contributed by atoms with Crippen molar-refractivity contribution in [1.82, 2.24) is 0 Å². The summed E-state index contributed by atoms with van der Waals surface area (Å²) in [6.45, 7) is 6.46. The third kappa shape index (κ3) is 25.1. The van der Waals surface area contributed by atoms with Crippen LogP contribution in [0.5, 0.6) is 0 Å². The van der Waals surface area contributed by atoms with Gasteiger partial charge in [0, 0.05) is 13.2 Å². The van der Waals surface area contributed by atoms with Gasteiger partial charge in [-0.1, -0.05) is 90.4 Å². The van der Waals surface area contributed by atoms with E-state index in [2.05, 4.69) is 6.92 Å². The predicted octanol–water partition coefficient (Wildman–Crippen LogP) is 6.73. The van der Waals surface area contributed by atoms with Gasteiger partial charge in [-0.3, -0.25) is 9.05 Å². The van der Waals surface area contributed by atoms with Gasteiger partial charge in [0.25, 0.3) is 0 Å². The van der Waals surface area contributed by atoms with Gasteiger partial charge in [-0.25, -0.2) is 4.57 Å². The summed E-state index contributed by atoms with van der Waals surface area (Å²) in [5, 5.41) is 0. The zero-order valence-electron chi connectivity index (χ0n) is 23.1. The van der Waals surface area contributed by atoms with Crippen LogP contribution < -0.4 is 0 Å². The first-order chi connectivity index (χ1) is 16.2. The van der Waals surface area contributed by atoms with E-state index in [1.807, 2.05) is 28.1 Å². The van der Waals surface area contributed by atoms with Crippen LogP contribution >= 0.6 is 7.82 Å². The van der Waals surface area contributed by atoms with E-state index in [0.717, 1.165) is 12.8 Å². The highest BCUT2D eigenvalue weighted by molar-refractivity contribution is 7.47. The Kier molecular flexibility index (Phi) is 22.2. The second-order valence-electron chi connectivity index (χ2n) is 10.4. The van der Waals surface area contributed by atoms with Crippen LogP contribution in [0.25, 0.3) is 0 Å². The van der Waals surface area contributed by atoms with Gasteiger partial charge in [0.05, 0.1) is 34.4 Å². The Morgan fingerprint density at radius 1 is 0.706 bits per heavy atom. The maximum absolute atomic E-state index is 12.1. The Labute approximate surface area is 211 Å². The summed E-state index contributed by atoms with van der Waals surface area (Å²) in [4.78, 5) is 9.90. The van der Waals surface area contributed by atoms with Crippen LogP contribution in [-0.2, 0) is 23.1 Å². The molecule has 0 bridgehead atoms. The largest absolute Gasteiger partial charge is 0.472 e. The molecule has 0 rings (SSSR count). The van der Waals surface area contributed by atoms with Gasteiger partial charge < -0.3 is 18.9 Å². The number of ether oxygens (including phenoxy) is 2. The fourth-order valence-corrected chi connectivity index (χ4v) is 4.33. The number of phosphoric ester groups is 1. The Morgan fingerprint density at radius 3 is 1.68 bits per heavy atom. The van der Waals surface area contributed by atoms with Gasteiger partial charge in [0.1, 0.15) is 19.3 Å². The highest BCUT2D eigenvalue weighted by Gasteiger charge is 2.25. The van der Waals surface area contributed by atoms with Crippen molar-refractivity contribution in [2.24, 2.45) is 0 Å². The number of phosphoric acid groups is 1. The summed E-state index contributed by atoms with van der Waals surface area (Å²) in [5.41, 5.74) is 0. The molecule has 0 aliphatic rings. The fraction of sp³-hybridized carbons (Fsp3) is 1.00. The highest BCUT2D eigenvalue weighted by Crippen LogP contribution is 2.43. The molecule has 0 aliphatic heterocycles. The van der Waals surface area contributed by atoms with Crippen LogP contribution in [0.15, 0.2) is 0 Å². The maximum Gasteiger partial charge on any atom is 0.472 e. The molecule has 0 heterocycles. The second kappa shape index (κ2) is 22.2. The fourth-order valence-electron chi connectivity index (χ4n) is 3.58. The first kappa shape index (κ1) is 34.0. The second-order valence-corrected chi connectivity index (χ2v) is 11.8. The van der Waals surface area contributed by atoms with Crippen LogP contribution in [-0.4, -0.2) is 76.2 Å². The molecule has 0 aliphatic carbocycles. The quantitative estimate of drug-likeness (QED) is 0.0790. The molecule has 0 aromatic carbocycles. The van der Waals surface area contributed by atoms with Crippen LogP contribution in [0.4, 0.5) is 0 Å². The monoisotopic (exact) mass is 510 g/mol. The van der Waals surface area contributed by atoms with Crippen LogP contribution in [0.3, 0.4) is 0 Å². The zero-order chi connectivity index (χ0) is 25.5. The van der Waals surface area contributed by atoms with E-state index in [4.69, 9.17) is 18.5 Å². The normalized spacial score (nSPS) is 14.9. The predicted molar refractivity (Wildman–Crippen MR) is 141 cm³/mol. The number of quaternary nitrogens is 1. The van der Waals surface area contributed by atoms with Crippen molar-refractivity contribution in [2.75, 3.05) is 60.7 Å². The number of likely N-dealkylation sites (N-methyl/N-ethyl adjacent to an activating group) is 1. The Balaban J connectivity index is 3.78. The molecule has 0 aromatic rings. The first-order valence-electron chi connectivity index (χ1n) is 13.8. The molecule has 8 heteroatoms.